The van der Waals surface area contributed by atoms with Crippen LogP contribution in [0.1, 0.15) is 38.8 Å². The standard InChI is InChI=1S/C15H21NO4/c1-15(2,3)20-12(9-13(18)19)14(16-10-17)11-7-5-4-6-8-11/h4-8,10,12,14H,9H2,1-3H3,(H,16,17)(H,18,19). The van der Waals surface area contributed by atoms with Crippen molar-refractivity contribution in [2.24, 2.45) is 0 Å². The fourth-order valence-corrected chi connectivity index (χ4v) is 2.01. The Hall–Kier alpha value is -1.88. The summed E-state index contributed by atoms with van der Waals surface area (Å²) in [5, 5.41) is 11.7. The normalized spacial score (nSPS) is 14.3. The molecule has 0 saturated heterocycles. The Balaban J connectivity index is 3.03. The molecule has 0 heterocycles. The minimum atomic E-state index is -0.965. The Morgan fingerprint density at radius 2 is 1.95 bits per heavy atom. The molecule has 1 aromatic carbocycles. The molecule has 1 amide bonds. The van der Waals surface area contributed by atoms with Crippen molar-refractivity contribution < 1.29 is 19.4 Å². The summed E-state index contributed by atoms with van der Waals surface area (Å²) in [6.07, 6.45) is -0.254. The quantitative estimate of drug-likeness (QED) is 0.750. The van der Waals surface area contributed by atoms with Gasteiger partial charge in [0.1, 0.15) is 0 Å². The summed E-state index contributed by atoms with van der Waals surface area (Å²) >= 11 is 0. The second-order valence-electron chi connectivity index (χ2n) is 5.54. The van der Waals surface area contributed by atoms with Crippen molar-refractivity contribution in [2.45, 2.75) is 44.9 Å². The lowest BCUT2D eigenvalue weighted by atomic mass is 9.98. The molecule has 2 N–H and O–H groups in total. The molecule has 0 aromatic heterocycles. The van der Waals surface area contributed by atoms with Crippen molar-refractivity contribution in [3.05, 3.63) is 35.9 Å². The molecule has 2 unspecified atom stereocenters. The summed E-state index contributed by atoms with van der Waals surface area (Å²) in [6, 6.07) is 8.71. The molecule has 1 aromatic rings. The molecule has 1 rings (SSSR count). The number of amides is 1. The van der Waals surface area contributed by atoms with E-state index in [-0.39, 0.29) is 6.42 Å². The summed E-state index contributed by atoms with van der Waals surface area (Å²) in [5.74, 6) is -0.965. The van der Waals surface area contributed by atoms with Crippen LogP contribution in [0.3, 0.4) is 0 Å². The molecule has 0 saturated carbocycles. The van der Waals surface area contributed by atoms with Gasteiger partial charge in [-0.15, -0.1) is 0 Å². The fourth-order valence-electron chi connectivity index (χ4n) is 2.01. The van der Waals surface area contributed by atoms with Crippen LogP contribution in [0.15, 0.2) is 30.3 Å². The van der Waals surface area contributed by atoms with Crippen LogP contribution >= 0.6 is 0 Å². The van der Waals surface area contributed by atoms with Gasteiger partial charge in [0, 0.05) is 0 Å². The number of rotatable bonds is 7. The number of ether oxygens (including phenoxy) is 1. The third-order valence-corrected chi connectivity index (χ3v) is 2.66. The summed E-state index contributed by atoms with van der Waals surface area (Å²) in [4.78, 5) is 21.9. The Kier molecular flexibility index (Phi) is 5.70. The number of hydrogen-bond donors (Lipinski definition) is 2. The van der Waals surface area contributed by atoms with Crippen molar-refractivity contribution in [3.63, 3.8) is 0 Å². The summed E-state index contributed by atoms with van der Waals surface area (Å²) in [7, 11) is 0. The van der Waals surface area contributed by atoms with Crippen LogP contribution in [0.25, 0.3) is 0 Å². The number of hydrogen-bond acceptors (Lipinski definition) is 3. The van der Waals surface area contributed by atoms with Crippen molar-refractivity contribution in [2.75, 3.05) is 0 Å². The summed E-state index contributed by atoms with van der Waals surface area (Å²) < 4.78 is 5.82. The summed E-state index contributed by atoms with van der Waals surface area (Å²) in [5.41, 5.74) is 0.313. The van der Waals surface area contributed by atoms with Crippen LogP contribution in [0.4, 0.5) is 0 Å². The third-order valence-electron chi connectivity index (χ3n) is 2.66. The van der Waals surface area contributed by atoms with E-state index in [1.807, 2.05) is 51.1 Å². The molecular formula is C15H21NO4. The first-order valence-electron chi connectivity index (χ1n) is 6.48. The van der Waals surface area contributed by atoms with Gasteiger partial charge in [0.15, 0.2) is 0 Å². The minimum absolute atomic E-state index is 0.183. The summed E-state index contributed by atoms with van der Waals surface area (Å²) in [6.45, 7) is 5.56. The smallest absolute Gasteiger partial charge is 0.306 e. The highest BCUT2D eigenvalue weighted by Gasteiger charge is 2.29. The third kappa shape index (κ3) is 5.40. The first kappa shape index (κ1) is 16.2. The number of carboxylic acids is 1. The maximum Gasteiger partial charge on any atom is 0.306 e. The fraction of sp³-hybridized carbons (Fsp3) is 0.467. The number of nitrogens with one attached hydrogen (secondary N) is 1. The van der Waals surface area contributed by atoms with E-state index in [9.17, 15) is 9.59 Å². The molecule has 5 nitrogen and oxygen atoms in total. The number of carboxylic acid groups (broad SMARTS) is 1. The lowest BCUT2D eigenvalue weighted by molar-refractivity contribution is -0.145. The molecule has 0 bridgehead atoms. The van der Waals surface area contributed by atoms with E-state index in [4.69, 9.17) is 9.84 Å². The maximum atomic E-state index is 11.0. The van der Waals surface area contributed by atoms with E-state index >= 15 is 0 Å². The van der Waals surface area contributed by atoms with Gasteiger partial charge in [-0.2, -0.15) is 0 Å². The highest BCUT2D eigenvalue weighted by molar-refractivity contribution is 5.67. The van der Waals surface area contributed by atoms with E-state index in [0.717, 1.165) is 5.56 Å². The van der Waals surface area contributed by atoms with Crippen LogP contribution in [-0.4, -0.2) is 29.2 Å². The molecule has 0 radical (unpaired) electrons. The lowest BCUT2D eigenvalue weighted by Gasteiger charge is -2.32. The van der Waals surface area contributed by atoms with Crippen molar-refractivity contribution >= 4 is 12.4 Å². The van der Waals surface area contributed by atoms with E-state index in [0.29, 0.717) is 6.41 Å². The van der Waals surface area contributed by atoms with E-state index in [2.05, 4.69) is 5.32 Å². The van der Waals surface area contributed by atoms with Crippen LogP contribution in [-0.2, 0) is 14.3 Å². The molecule has 0 spiro atoms. The predicted molar refractivity (Wildman–Crippen MR) is 75.3 cm³/mol. The van der Waals surface area contributed by atoms with Gasteiger partial charge >= 0.3 is 5.97 Å². The first-order valence-corrected chi connectivity index (χ1v) is 6.48. The van der Waals surface area contributed by atoms with Gasteiger partial charge in [0.25, 0.3) is 0 Å². The zero-order chi connectivity index (χ0) is 15.2. The number of benzene rings is 1. The Bertz CT molecular complexity index is 439. The lowest BCUT2D eigenvalue weighted by Crippen LogP contribution is -2.39. The Morgan fingerprint density at radius 3 is 2.40 bits per heavy atom. The SMILES string of the molecule is CC(C)(C)OC(CC(=O)O)C(NC=O)c1ccccc1. The largest absolute Gasteiger partial charge is 0.481 e. The van der Waals surface area contributed by atoms with E-state index in [1.165, 1.54) is 0 Å². The average molecular weight is 279 g/mol. The van der Waals surface area contributed by atoms with Crippen molar-refractivity contribution in [1.29, 1.82) is 0 Å². The first-order chi connectivity index (χ1) is 9.33. The molecule has 0 aliphatic heterocycles. The topological polar surface area (TPSA) is 75.6 Å². The van der Waals surface area contributed by atoms with Gasteiger partial charge < -0.3 is 15.2 Å². The van der Waals surface area contributed by atoms with Gasteiger partial charge in [-0.3, -0.25) is 9.59 Å². The minimum Gasteiger partial charge on any atom is -0.481 e. The second-order valence-corrected chi connectivity index (χ2v) is 5.54. The number of aliphatic carboxylic acids is 1. The van der Waals surface area contributed by atoms with E-state index in [1.54, 1.807) is 0 Å². The van der Waals surface area contributed by atoms with Gasteiger partial charge in [-0.1, -0.05) is 30.3 Å². The molecule has 0 fully saturated rings. The van der Waals surface area contributed by atoms with Crippen LogP contribution in [0.5, 0.6) is 0 Å². The van der Waals surface area contributed by atoms with Gasteiger partial charge in [-0.25, -0.2) is 0 Å². The zero-order valence-electron chi connectivity index (χ0n) is 12.0. The molecule has 2 atom stereocenters. The molecule has 0 aliphatic rings. The molecule has 5 heteroatoms. The number of carbonyl (C=O) groups excluding carboxylic acids is 1. The van der Waals surface area contributed by atoms with Gasteiger partial charge in [-0.05, 0) is 26.3 Å². The van der Waals surface area contributed by atoms with Crippen molar-refractivity contribution in [1.82, 2.24) is 5.32 Å². The predicted octanol–water partition coefficient (Wildman–Crippen LogP) is 2.13. The highest BCUT2D eigenvalue weighted by atomic mass is 16.5. The Morgan fingerprint density at radius 1 is 1.35 bits per heavy atom. The Labute approximate surface area is 118 Å². The zero-order valence-corrected chi connectivity index (χ0v) is 12.0. The molecule has 110 valence electrons. The van der Waals surface area contributed by atoms with Crippen LogP contribution in [0, 0.1) is 0 Å². The van der Waals surface area contributed by atoms with Crippen LogP contribution in [0.2, 0.25) is 0 Å². The van der Waals surface area contributed by atoms with E-state index < -0.39 is 23.7 Å². The average Bonchev–Trinajstić information content (AvgIpc) is 2.34. The molecular weight excluding hydrogens is 258 g/mol. The van der Waals surface area contributed by atoms with Gasteiger partial charge in [0.05, 0.1) is 24.2 Å². The highest BCUT2D eigenvalue weighted by Crippen LogP contribution is 2.25. The molecule has 0 aliphatic carbocycles. The number of carbonyl (C=O) groups is 2. The monoisotopic (exact) mass is 279 g/mol. The van der Waals surface area contributed by atoms with Crippen molar-refractivity contribution in [3.8, 4) is 0 Å². The second kappa shape index (κ2) is 7.05. The maximum absolute atomic E-state index is 11.0. The van der Waals surface area contributed by atoms with Crippen LogP contribution < -0.4 is 5.32 Å². The molecule has 20 heavy (non-hydrogen) atoms. The van der Waals surface area contributed by atoms with Gasteiger partial charge in [0.2, 0.25) is 6.41 Å².